The maximum atomic E-state index is 12.3. The molecule has 106 valence electrons. The van der Waals surface area contributed by atoms with Crippen LogP contribution in [0.1, 0.15) is 29.4 Å². The van der Waals surface area contributed by atoms with Crippen LogP contribution in [0.4, 0.5) is 0 Å². The summed E-state index contributed by atoms with van der Waals surface area (Å²) in [5, 5.41) is 0.622. The number of hydrogen-bond acceptors (Lipinski definition) is 4. The second kappa shape index (κ2) is 4.43. The zero-order valence-corrected chi connectivity index (χ0v) is 12.2. The van der Waals surface area contributed by atoms with Crippen molar-refractivity contribution in [3.63, 3.8) is 0 Å². The Kier molecular flexibility index (Phi) is 2.96. The van der Waals surface area contributed by atoms with Gasteiger partial charge in [0.25, 0.3) is 0 Å². The molecular formula is C16H18O4. The van der Waals surface area contributed by atoms with E-state index in [0.717, 1.165) is 11.1 Å². The van der Waals surface area contributed by atoms with E-state index in [2.05, 4.69) is 0 Å². The van der Waals surface area contributed by atoms with Crippen LogP contribution >= 0.6 is 0 Å². The molecule has 0 bridgehead atoms. The minimum Gasteiger partial charge on any atom is -0.460 e. The monoisotopic (exact) mass is 274 g/mol. The molecule has 2 aromatic rings. The Morgan fingerprint density at radius 1 is 1.30 bits per heavy atom. The van der Waals surface area contributed by atoms with Crippen molar-refractivity contribution in [2.24, 2.45) is 0 Å². The number of aryl methyl sites for hydroxylation is 1. The third-order valence-electron chi connectivity index (χ3n) is 4.19. The number of rotatable bonds is 1. The van der Waals surface area contributed by atoms with Crippen LogP contribution in [0, 0.1) is 13.8 Å². The predicted octanol–water partition coefficient (Wildman–Crippen LogP) is 2.85. The molecule has 0 spiro atoms. The van der Waals surface area contributed by atoms with Crippen molar-refractivity contribution in [1.29, 1.82) is 0 Å². The molecule has 0 N–H and O–H groups in total. The zero-order valence-electron chi connectivity index (χ0n) is 12.2. The second-order valence-electron chi connectivity index (χ2n) is 5.50. The summed E-state index contributed by atoms with van der Waals surface area (Å²) in [6, 6.07) is 3.82. The van der Waals surface area contributed by atoms with Crippen LogP contribution in [0.15, 0.2) is 21.3 Å². The maximum absolute atomic E-state index is 12.3. The molecule has 2 heterocycles. The zero-order chi connectivity index (χ0) is 14.5. The summed E-state index contributed by atoms with van der Waals surface area (Å²) in [4.78, 5) is 12.3. The smallest absolute Gasteiger partial charge is 0.195 e. The minimum atomic E-state index is -0.610. The Balaban J connectivity index is 2.26. The van der Waals surface area contributed by atoms with Crippen LogP contribution in [0.5, 0.6) is 0 Å². The fourth-order valence-electron chi connectivity index (χ4n) is 2.63. The van der Waals surface area contributed by atoms with E-state index in [0.29, 0.717) is 35.3 Å². The van der Waals surface area contributed by atoms with Crippen LogP contribution in [-0.2, 0) is 22.5 Å². The highest BCUT2D eigenvalue weighted by Gasteiger charge is 2.32. The van der Waals surface area contributed by atoms with Gasteiger partial charge in [-0.25, -0.2) is 0 Å². The molecule has 0 aliphatic carbocycles. The topological polar surface area (TPSA) is 48.7 Å². The van der Waals surface area contributed by atoms with Gasteiger partial charge in [-0.05, 0) is 32.4 Å². The molecule has 0 saturated carbocycles. The fraction of sp³-hybridized carbons (Fsp3) is 0.438. The standard InChI is InChI=1S/C16H18O4/c1-9-10(2)20-15-12(14(9)17)6-5-11-7-16(3,18-4)19-8-13(11)15/h5-6H,7-8H2,1-4H3/t16-/m0/s1. The molecule has 0 amide bonds. The van der Waals surface area contributed by atoms with Crippen molar-refractivity contribution in [2.45, 2.75) is 39.6 Å². The lowest BCUT2D eigenvalue weighted by atomic mass is 9.95. The van der Waals surface area contributed by atoms with Crippen LogP contribution in [0.2, 0.25) is 0 Å². The Morgan fingerprint density at radius 3 is 2.75 bits per heavy atom. The number of ether oxygens (including phenoxy) is 2. The van der Waals surface area contributed by atoms with E-state index >= 15 is 0 Å². The Hall–Kier alpha value is -1.65. The number of methoxy groups -OCH3 is 1. The van der Waals surface area contributed by atoms with E-state index in [-0.39, 0.29) is 5.43 Å². The normalized spacial score (nSPS) is 22.0. The van der Waals surface area contributed by atoms with Crippen LogP contribution in [0.3, 0.4) is 0 Å². The first-order valence-electron chi connectivity index (χ1n) is 6.69. The van der Waals surface area contributed by atoms with Gasteiger partial charge in [0.2, 0.25) is 0 Å². The summed E-state index contributed by atoms with van der Waals surface area (Å²) in [5.74, 6) is 0.0525. The highest BCUT2D eigenvalue weighted by atomic mass is 16.7. The maximum Gasteiger partial charge on any atom is 0.195 e. The third-order valence-corrected chi connectivity index (χ3v) is 4.19. The summed E-state index contributed by atoms with van der Waals surface area (Å²) in [7, 11) is 1.64. The van der Waals surface area contributed by atoms with Gasteiger partial charge in [0.15, 0.2) is 11.2 Å². The van der Waals surface area contributed by atoms with Gasteiger partial charge in [0.1, 0.15) is 11.3 Å². The van der Waals surface area contributed by atoms with Crippen LogP contribution in [-0.4, -0.2) is 12.9 Å². The van der Waals surface area contributed by atoms with Gasteiger partial charge in [0, 0.05) is 24.7 Å². The SMILES string of the molecule is CO[C@]1(C)Cc2ccc3c(=O)c(C)c(C)oc3c2CO1. The van der Waals surface area contributed by atoms with E-state index in [4.69, 9.17) is 13.9 Å². The van der Waals surface area contributed by atoms with Crippen molar-refractivity contribution in [2.75, 3.05) is 7.11 Å². The Morgan fingerprint density at radius 2 is 2.05 bits per heavy atom. The summed E-state index contributed by atoms with van der Waals surface area (Å²) in [6.07, 6.45) is 0.644. The quantitative estimate of drug-likeness (QED) is 0.802. The largest absolute Gasteiger partial charge is 0.460 e. The lowest BCUT2D eigenvalue weighted by Crippen LogP contribution is -2.37. The molecule has 3 rings (SSSR count). The first kappa shape index (κ1) is 13.3. The number of benzene rings is 1. The van der Waals surface area contributed by atoms with Gasteiger partial charge in [-0.1, -0.05) is 6.07 Å². The van der Waals surface area contributed by atoms with Crippen molar-refractivity contribution < 1.29 is 13.9 Å². The highest BCUT2D eigenvalue weighted by molar-refractivity contribution is 5.81. The van der Waals surface area contributed by atoms with E-state index in [9.17, 15) is 4.79 Å². The van der Waals surface area contributed by atoms with Gasteiger partial charge < -0.3 is 13.9 Å². The van der Waals surface area contributed by atoms with Gasteiger partial charge in [-0.15, -0.1) is 0 Å². The summed E-state index contributed by atoms with van der Waals surface area (Å²) < 4.78 is 17.0. The molecular weight excluding hydrogens is 256 g/mol. The molecule has 4 nitrogen and oxygen atoms in total. The van der Waals surface area contributed by atoms with Gasteiger partial charge in [-0.2, -0.15) is 0 Å². The Labute approximate surface area is 117 Å². The van der Waals surface area contributed by atoms with Gasteiger partial charge in [-0.3, -0.25) is 4.79 Å². The molecule has 1 aliphatic heterocycles. The third kappa shape index (κ3) is 1.87. The molecule has 1 aromatic carbocycles. The fourth-order valence-corrected chi connectivity index (χ4v) is 2.63. The lowest BCUT2D eigenvalue weighted by molar-refractivity contribution is -0.222. The van der Waals surface area contributed by atoms with Crippen LogP contribution < -0.4 is 5.43 Å². The van der Waals surface area contributed by atoms with Gasteiger partial charge >= 0.3 is 0 Å². The van der Waals surface area contributed by atoms with Crippen molar-refractivity contribution in [3.05, 3.63) is 44.8 Å². The first-order valence-corrected chi connectivity index (χ1v) is 6.69. The van der Waals surface area contributed by atoms with Crippen molar-refractivity contribution in [1.82, 2.24) is 0 Å². The summed E-state index contributed by atoms with van der Waals surface area (Å²) in [5.41, 5.74) is 3.41. The van der Waals surface area contributed by atoms with E-state index in [1.54, 1.807) is 14.0 Å². The lowest BCUT2D eigenvalue weighted by Gasteiger charge is -2.33. The average molecular weight is 274 g/mol. The minimum absolute atomic E-state index is 0.0339. The molecule has 0 unspecified atom stereocenters. The molecule has 0 saturated heterocycles. The molecule has 1 aliphatic rings. The molecule has 0 fully saturated rings. The van der Waals surface area contributed by atoms with Crippen molar-refractivity contribution >= 4 is 11.0 Å². The van der Waals surface area contributed by atoms with E-state index in [1.165, 1.54) is 0 Å². The average Bonchev–Trinajstić information content (AvgIpc) is 2.44. The van der Waals surface area contributed by atoms with E-state index < -0.39 is 5.79 Å². The highest BCUT2D eigenvalue weighted by Crippen LogP contribution is 2.33. The van der Waals surface area contributed by atoms with Crippen LogP contribution in [0.25, 0.3) is 11.0 Å². The van der Waals surface area contributed by atoms with Crippen molar-refractivity contribution in [3.8, 4) is 0 Å². The molecule has 20 heavy (non-hydrogen) atoms. The predicted molar refractivity (Wildman–Crippen MR) is 75.9 cm³/mol. The molecule has 1 aromatic heterocycles. The number of hydrogen-bond donors (Lipinski definition) is 0. The van der Waals surface area contributed by atoms with Gasteiger partial charge in [0.05, 0.1) is 12.0 Å². The summed E-state index contributed by atoms with van der Waals surface area (Å²) >= 11 is 0. The second-order valence-corrected chi connectivity index (χ2v) is 5.50. The molecule has 4 heteroatoms. The summed E-state index contributed by atoms with van der Waals surface area (Å²) in [6.45, 7) is 5.91. The first-order chi connectivity index (χ1) is 9.45. The van der Waals surface area contributed by atoms with E-state index in [1.807, 2.05) is 26.0 Å². The molecule has 1 atom stereocenters. The molecule has 0 radical (unpaired) electrons. The number of fused-ring (bicyclic) bond motifs is 3. The Bertz CT molecular complexity index is 744.